The van der Waals surface area contributed by atoms with Gasteiger partial charge in [0, 0.05) is 19.3 Å². The van der Waals surface area contributed by atoms with E-state index in [0.717, 1.165) is 43.1 Å². The molecule has 1 atom stereocenters. The predicted octanol–water partition coefficient (Wildman–Crippen LogP) is 3.48. The highest BCUT2D eigenvalue weighted by Crippen LogP contribution is 2.23. The predicted molar refractivity (Wildman–Crippen MR) is 124 cm³/mol. The normalized spacial score (nSPS) is 13.8. The fourth-order valence-electron chi connectivity index (χ4n) is 3.32. The highest BCUT2D eigenvalue weighted by Gasteiger charge is 2.26. The Kier molecular flexibility index (Phi) is 7.52. The number of furan rings is 1. The van der Waals surface area contributed by atoms with Crippen molar-refractivity contribution in [2.75, 3.05) is 19.6 Å². The maximum atomic E-state index is 10.7. The zero-order valence-electron chi connectivity index (χ0n) is 18.9. The molecule has 7 nitrogen and oxygen atoms in total. The number of aliphatic imine (C=N–C) groups is 1. The van der Waals surface area contributed by atoms with Crippen molar-refractivity contribution >= 4 is 5.96 Å². The molecule has 0 fully saturated rings. The van der Waals surface area contributed by atoms with Crippen LogP contribution in [0, 0.1) is 13.8 Å². The van der Waals surface area contributed by atoms with Gasteiger partial charge in [0.05, 0.1) is 17.9 Å². The molecule has 0 bridgehead atoms. The van der Waals surface area contributed by atoms with Crippen molar-refractivity contribution in [2.24, 2.45) is 4.99 Å². The smallest absolute Gasteiger partial charge is 0.191 e. The first-order valence-electron chi connectivity index (χ1n) is 10.8. The summed E-state index contributed by atoms with van der Waals surface area (Å²) in [4.78, 5) is 4.54. The fraction of sp³-hybridized carbons (Fsp3) is 0.417. The third kappa shape index (κ3) is 6.21. The lowest BCUT2D eigenvalue weighted by Crippen LogP contribution is -2.39. The summed E-state index contributed by atoms with van der Waals surface area (Å²) in [6, 6.07) is 13.8. The summed E-state index contributed by atoms with van der Waals surface area (Å²) in [6.07, 6.45) is 3.97. The van der Waals surface area contributed by atoms with Crippen LogP contribution >= 0.6 is 0 Å². The van der Waals surface area contributed by atoms with E-state index in [4.69, 9.17) is 4.42 Å². The molecule has 0 saturated carbocycles. The molecule has 0 spiro atoms. The van der Waals surface area contributed by atoms with Crippen LogP contribution in [0.3, 0.4) is 0 Å². The number of rotatable bonds is 9. The van der Waals surface area contributed by atoms with Crippen LogP contribution in [-0.4, -0.2) is 40.5 Å². The summed E-state index contributed by atoms with van der Waals surface area (Å²) in [6.45, 7) is 9.36. The van der Waals surface area contributed by atoms with Gasteiger partial charge < -0.3 is 20.2 Å². The molecule has 2 aromatic heterocycles. The summed E-state index contributed by atoms with van der Waals surface area (Å²) in [7, 11) is 0. The van der Waals surface area contributed by atoms with Crippen LogP contribution in [0.2, 0.25) is 0 Å². The van der Waals surface area contributed by atoms with Gasteiger partial charge in [-0.3, -0.25) is 0 Å². The molecule has 0 saturated heterocycles. The van der Waals surface area contributed by atoms with Crippen LogP contribution in [0.4, 0.5) is 0 Å². The molecule has 3 rings (SSSR count). The fourth-order valence-corrected chi connectivity index (χ4v) is 3.32. The van der Waals surface area contributed by atoms with Crippen LogP contribution in [0.5, 0.6) is 0 Å². The minimum absolute atomic E-state index is 0.207. The van der Waals surface area contributed by atoms with Gasteiger partial charge in [0.25, 0.3) is 0 Å². The van der Waals surface area contributed by atoms with Crippen molar-refractivity contribution < 1.29 is 9.52 Å². The minimum atomic E-state index is -1.15. The summed E-state index contributed by atoms with van der Waals surface area (Å²) in [5, 5.41) is 21.9. The second-order valence-electron chi connectivity index (χ2n) is 7.93. The van der Waals surface area contributed by atoms with E-state index in [1.165, 1.54) is 5.56 Å². The average Bonchev–Trinajstić information content (AvgIpc) is 3.36. The zero-order chi connectivity index (χ0) is 22.3. The Balaban J connectivity index is 1.53. The number of para-hydroxylation sites is 1. The molecule has 0 radical (unpaired) electrons. The molecule has 3 aromatic rings. The van der Waals surface area contributed by atoms with Crippen molar-refractivity contribution in [3.63, 3.8) is 0 Å². The van der Waals surface area contributed by atoms with E-state index in [2.05, 4.69) is 39.1 Å². The number of hydrogen-bond donors (Lipinski definition) is 3. The Morgan fingerprint density at radius 2 is 1.94 bits per heavy atom. The largest absolute Gasteiger partial charge is 0.463 e. The molecule has 1 aromatic carbocycles. The Bertz CT molecular complexity index is 989. The summed E-state index contributed by atoms with van der Waals surface area (Å²) in [5.74, 6) is 1.98. The van der Waals surface area contributed by atoms with E-state index in [1.54, 1.807) is 13.0 Å². The monoisotopic (exact) mass is 423 g/mol. The standard InChI is InChI=1S/C24H33N5O2/c1-5-25-23(27-17-24(4,30)22-14-13-18(2)31-22)26-15-9-10-20-16-29(28-19(20)3)21-11-7-6-8-12-21/h6-8,11-14,16,30H,5,9-10,15,17H2,1-4H3,(H2,25,26,27). The van der Waals surface area contributed by atoms with Gasteiger partial charge in [-0.05, 0) is 70.4 Å². The highest BCUT2D eigenvalue weighted by atomic mass is 16.4. The maximum absolute atomic E-state index is 10.7. The molecule has 0 aliphatic heterocycles. The molecular weight excluding hydrogens is 390 g/mol. The van der Waals surface area contributed by atoms with Gasteiger partial charge in [-0.1, -0.05) is 18.2 Å². The summed E-state index contributed by atoms with van der Waals surface area (Å²) < 4.78 is 7.50. The first kappa shape index (κ1) is 22.6. The van der Waals surface area contributed by atoms with Gasteiger partial charge in [-0.2, -0.15) is 5.10 Å². The van der Waals surface area contributed by atoms with Crippen molar-refractivity contribution in [1.29, 1.82) is 0 Å². The van der Waals surface area contributed by atoms with Gasteiger partial charge in [-0.15, -0.1) is 0 Å². The molecule has 31 heavy (non-hydrogen) atoms. The van der Waals surface area contributed by atoms with E-state index >= 15 is 0 Å². The number of guanidine groups is 1. The van der Waals surface area contributed by atoms with Crippen molar-refractivity contribution in [2.45, 2.75) is 46.1 Å². The number of aliphatic hydroxyl groups is 1. The van der Waals surface area contributed by atoms with Gasteiger partial charge in [0.2, 0.25) is 0 Å². The SMILES string of the molecule is CCNC(=NCC(C)(O)c1ccc(C)o1)NCCCc1cn(-c2ccccc2)nc1C. The maximum Gasteiger partial charge on any atom is 0.191 e. The van der Waals surface area contributed by atoms with Crippen molar-refractivity contribution in [1.82, 2.24) is 20.4 Å². The Morgan fingerprint density at radius 3 is 2.61 bits per heavy atom. The van der Waals surface area contributed by atoms with Gasteiger partial charge >= 0.3 is 0 Å². The lowest BCUT2D eigenvalue weighted by Gasteiger charge is -2.19. The molecule has 166 valence electrons. The Labute approximate surface area is 184 Å². The van der Waals surface area contributed by atoms with Gasteiger partial charge in [0.1, 0.15) is 17.1 Å². The molecule has 1 unspecified atom stereocenters. The molecule has 0 aliphatic carbocycles. The molecule has 2 heterocycles. The summed E-state index contributed by atoms with van der Waals surface area (Å²) >= 11 is 0. The summed E-state index contributed by atoms with van der Waals surface area (Å²) in [5.41, 5.74) is 2.20. The number of nitrogens with zero attached hydrogens (tertiary/aromatic N) is 3. The van der Waals surface area contributed by atoms with Crippen LogP contribution in [-0.2, 0) is 12.0 Å². The van der Waals surface area contributed by atoms with Crippen LogP contribution < -0.4 is 10.6 Å². The van der Waals surface area contributed by atoms with E-state index in [0.29, 0.717) is 11.7 Å². The van der Waals surface area contributed by atoms with Crippen molar-refractivity contribution in [3.05, 3.63) is 71.4 Å². The van der Waals surface area contributed by atoms with E-state index < -0.39 is 5.60 Å². The molecule has 0 amide bonds. The second-order valence-corrected chi connectivity index (χ2v) is 7.93. The zero-order valence-corrected chi connectivity index (χ0v) is 18.9. The molecule has 0 aliphatic rings. The van der Waals surface area contributed by atoms with E-state index in [9.17, 15) is 5.11 Å². The minimum Gasteiger partial charge on any atom is -0.463 e. The highest BCUT2D eigenvalue weighted by molar-refractivity contribution is 5.79. The van der Waals surface area contributed by atoms with E-state index in [-0.39, 0.29) is 6.54 Å². The third-order valence-corrected chi connectivity index (χ3v) is 5.10. The van der Waals surface area contributed by atoms with Crippen LogP contribution in [0.15, 0.2) is 58.1 Å². The van der Waals surface area contributed by atoms with Gasteiger partial charge in [-0.25, -0.2) is 9.67 Å². The Hall–Kier alpha value is -3.06. The number of aromatic nitrogens is 2. The topological polar surface area (TPSA) is 87.6 Å². The van der Waals surface area contributed by atoms with Gasteiger partial charge in [0.15, 0.2) is 5.96 Å². The van der Waals surface area contributed by atoms with E-state index in [1.807, 2.05) is 49.7 Å². The third-order valence-electron chi connectivity index (χ3n) is 5.10. The number of benzene rings is 1. The number of hydrogen-bond acceptors (Lipinski definition) is 4. The Morgan fingerprint density at radius 1 is 1.16 bits per heavy atom. The molecule has 3 N–H and O–H groups in total. The lowest BCUT2D eigenvalue weighted by molar-refractivity contribution is 0.0428. The van der Waals surface area contributed by atoms with Crippen LogP contribution in [0.25, 0.3) is 5.69 Å². The van der Waals surface area contributed by atoms with Crippen LogP contribution in [0.1, 0.15) is 43.0 Å². The first-order valence-corrected chi connectivity index (χ1v) is 10.8. The number of aryl methyl sites for hydroxylation is 3. The first-order chi connectivity index (χ1) is 14.9. The molecule has 7 heteroatoms. The molecular formula is C24H33N5O2. The number of nitrogens with one attached hydrogen (secondary N) is 2. The quantitative estimate of drug-likeness (QED) is 0.279. The lowest BCUT2D eigenvalue weighted by atomic mass is 10.0. The second kappa shape index (κ2) is 10.3. The van der Waals surface area contributed by atoms with Crippen molar-refractivity contribution in [3.8, 4) is 5.69 Å². The average molecular weight is 424 g/mol.